The monoisotopic (exact) mass is 219 g/mol. The van der Waals surface area contributed by atoms with E-state index in [1.807, 2.05) is 18.5 Å². The second kappa shape index (κ2) is 5.97. The Bertz CT molecular complexity index is 293. The molecule has 1 aliphatic heterocycles. The lowest BCUT2D eigenvalue weighted by molar-refractivity contribution is 0.253. The van der Waals surface area contributed by atoms with Crippen LogP contribution in [0.15, 0.2) is 24.5 Å². The van der Waals surface area contributed by atoms with E-state index in [4.69, 9.17) is 0 Å². The van der Waals surface area contributed by atoms with Crippen LogP contribution >= 0.6 is 0 Å². The summed E-state index contributed by atoms with van der Waals surface area (Å²) in [5.74, 6) is 0. The highest BCUT2D eigenvalue weighted by Crippen LogP contribution is 2.09. The van der Waals surface area contributed by atoms with Gasteiger partial charge in [0.1, 0.15) is 0 Å². The van der Waals surface area contributed by atoms with Gasteiger partial charge in [0.15, 0.2) is 0 Å². The van der Waals surface area contributed by atoms with E-state index < -0.39 is 0 Å². The molecule has 0 aliphatic carbocycles. The number of hydrogen-bond acceptors (Lipinski definition) is 3. The van der Waals surface area contributed by atoms with Gasteiger partial charge in [-0.15, -0.1) is 0 Å². The largest absolute Gasteiger partial charge is 0.313 e. The summed E-state index contributed by atoms with van der Waals surface area (Å²) in [4.78, 5) is 6.65. The van der Waals surface area contributed by atoms with Crippen LogP contribution in [0.25, 0.3) is 0 Å². The van der Waals surface area contributed by atoms with Gasteiger partial charge in [0.25, 0.3) is 0 Å². The first-order chi connectivity index (χ1) is 7.88. The summed E-state index contributed by atoms with van der Waals surface area (Å²) in [6, 6.07) is 4.85. The molecule has 0 radical (unpaired) electrons. The van der Waals surface area contributed by atoms with Crippen molar-refractivity contribution in [3.63, 3.8) is 0 Å². The van der Waals surface area contributed by atoms with Crippen molar-refractivity contribution < 1.29 is 0 Å². The Hall–Kier alpha value is -0.930. The maximum Gasteiger partial charge on any atom is 0.0312 e. The Labute approximate surface area is 97.9 Å². The van der Waals surface area contributed by atoms with Crippen LogP contribution in [0.5, 0.6) is 0 Å². The quantitative estimate of drug-likeness (QED) is 0.816. The molecular formula is C13H21N3. The molecule has 1 aromatic heterocycles. The highest BCUT2D eigenvalue weighted by Gasteiger charge is 2.16. The molecule has 0 saturated carbocycles. The van der Waals surface area contributed by atoms with Crippen molar-refractivity contribution in [2.45, 2.75) is 32.4 Å². The molecule has 1 atom stereocenters. The molecule has 1 saturated heterocycles. The number of pyridine rings is 1. The third-order valence-electron chi connectivity index (χ3n) is 3.22. The van der Waals surface area contributed by atoms with Crippen molar-refractivity contribution in [3.05, 3.63) is 30.1 Å². The van der Waals surface area contributed by atoms with E-state index in [1.54, 1.807) is 0 Å². The van der Waals surface area contributed by atoms with Gasteiger partial charge in [0, 0.05) is 31.5 Å². The molecule has 0 unspecified atom stereocenters. The van der Waals surface area contributed by atoms with Gasteiger partial charge in [0.2, 0.25) is 0 Å². The molecule has 2 heterocycles. The fraction of sp³-hybridized carbons (Fsp3) is 0.615. The first-order valence-electron chi connectivity index (χ1n) is 6.23. The van der Waals surface area contributed by atoms with Crippen LogP contribution in [0.1, 0.15) is 25.3 Å². The van der Waals surface area contributed by atoms with Gasteiger partial charge in [0.05, 0.1) is 0 Å². The Morgan fingerprint density at radius 3 is 3.12 bits per heavy atom. The lowest BCUT2D eigenvalue weighted by Crippen LogP contribution is -2.37. The van der Waals surface area contributed by atoms with Crippen LogP contribution in [-0.2, 0) is 6.54 Å². The predicted molar refractivity (Wildman–Crippen MR) is 66.2 cm³/mol. The van der Waals surface area contributed by atoms with Crippen LogP contribution < -0.4 is 5.32 Å². The zero-order valence-corrected chi connectivity index (χ0v) is 10.0. The van der Waals surface area contributed by atoms with Gasteiger partial charge in [-0.25, -0.2) is 0 Å². The lowest BCUT2D eigenvalue weighted by Gasteiger charge is -2.24. The maximum absolute atomic E-state index is 4.16. The van der Waals surface area contributed by atoms with E-state index in [0.29, 0.717) is 6.04 Å². The van der Waals surface area contributed by atoms with E-state index in [-0.39, 0.29) is 0 Å². The van der Waals surface area contributed by atoms with E-state index in [9.17, 15) is 0 Å². The van der Waals surface area contributed by atoms with Gasteiger partial charge in [-0.2, -0.15) is 0 Å². The molecule has 1 aliphatic rings. The highest BCUT2D eigenvalue weighted by atomic mass is 15.1. The van der Waals surface area contributed by atoms with Crippen molar-refractivity contribution in [1.82, 2.24) is 15.2 Å². The first-order valence-corrected chi connectivity index (χ1v) is 6.23. The lowest BCUT2D eigenvalue weighted by atomic mass is 10.2. The molecule has 1 fully saturated rings. The van der Waals surface area contributed by atoms with Gasteiger partial charge in [-0.1, -0.05) is 13.0 Å². The number of likely N-dealkylation sites (N-methyl/N-ethyl adjacent to an activating group) is 1. The smallest absolute Gasteiger partial charge is 0.0312 e. The standard InChI is InChI=1S/C13H21N3/c1-2-16(11-13-6-4-8-15-13)10-12-5-3-7-14-9-12/h3,5,7,9,13,15H,2,4,6,8,10-11H2,1H3/t13-/m1/s1. The Morgan fingerprint density at radius 1 is 1.56 bits per heavy atom. The molecular weight excluding hydrogens is 198 g/mol. The number of nitrogens with zero attached hydrogens (tertiary/aromatic N) is 2. The van der Waals surface area contributed by atoms with Crippen molar-refractivity contribution in [3.8, 4) is 0 Å². The fourth-order valence-corrected chi connectivity index (χ4v) is 2.28. The number of aromatic nitrogens is 1. The zero-order chi connectivity index (χ0) is 11.2. The number of hydrogen-bond donors (Lipinski definition) is 1. The molecule has 3 nitrogen and oxygen atoms in total. The molecule has 0 aromatic carbocycles. The van der Waals surface area contributed by atoms with Crippen molar-refractivity contribution in [2.24, 2.45) is 0 Å². The van der Waals surface area contributed by atoms with Crippen molar-refractivity contribution in [1.29, 1.82) is 0 Å². The average molecular weight is 219 g/mol. The van der Waals surface area contributed by atoms with E-state index in [0.717, 1.165) is 19.6 Å². The van der Waals surface area contributed by atoms with Gasteiger partial charge in [-0.3, -0.25) is 9.88 Å². The Kier molecular flexibility index (Phi) is 4.31. The predicted octanol–water partition coefficient (Wildman–Crippen LogP) is 1.66. The second-order valence-electron chi connectivity index (χ2n) is 4.48. The van der Waals surface area contributed by atoms with Crippen molar-refractivity contribution in [2.75, 3.05) is 19.6 Å². The normalized spacial score (nSPS) is 20.5. The third kappa shape index (κ3) is 3.29. The number of rotatable bonds is 5. The molecule has 2 rings (SSSR count). The minimum atomic E-state index is 0.691. The summed E-state index contributed by atoms with van der Waals surface area (Å²) in [5, 5.41) is 3.55. The second-order valence-corrected chi connectivity index (χ2v) is 4.48. The molecule has 3 heteroatoms. The molecule has 1 aromatic rings. The van der Waals surface area contributed by atoms with E-state index in [2.05, 4.69) is 28.2 Å². The van der Waals surface area contributed by atoms with Gasteiger partial charge >= 0.3 is 0 Å². The molecule has 0 amide bonds. The topological polar surface area (TPSA) is 28.2 Å². The van der Waals surface area contributed by atoms with Crippen LogP contribution in [0, 0.1) is 0 Å². The van der Waals surface area contributed by atoms with Gasteiger partial charge < -0.3 is 5.32 Å². The summed E-state index contributed by atoms with van der Waals surface area (Å²) in [6.45, 7) is 6.70. The van der Waals surface area contributed by atoms with E-state index in [1.165, 1.54) is 24.9 Å². The Morgan fingerprint density at radius 2 is 2.50 bits per heavy atom. The summed E-state index contributed by atoms with van der Waals surface area (Å²) in [7, 11) is 0. The SMILES string of the molecule is CCN(Cc1cccnc1)C[C@H]1CCCN1. The summed E-state index contributed by atoms with van der Waals surface area (Å²) < 4.78 is 0. The van der Waals surface area contributed by atoms with Crippen LogP contribution in [0.2, 0.25) is 0 Å². The van der Waals surface area contributed by atoms with E-state index >= 15 is 0 Å². The van der Waals surface area contributed by atoms with Crippen LogP contribution in [-0.4, -0.2) is 35.6 Å². The third-order valence-corrected chi connectivity index (χ3v) is 3.22. The molecule has 1 N–H and O–H groups in total. The fourth-order valence-electron chi connectivity index (χ4n) is 2.28. The molecule has 0 bridgehead atoms. The van der Waals surface area contributed by atoms with Gasteiger partial charge in [-0.05, 0) is 37.6 Å². The zero-order valence-electron chi connectivity index (χ0n) is 10.0. The summed E-state index contributed by atoms with van der Waals surface area (Å²) in [5.41, 5.74) is 1.31. The summed E-state index contributed by atoms with van der Waals surface area (Å²) >= 11 is 0. The van der Waals surface area contributed by atoms with Crippen LogP contribution in [0.3, 0.4) is 0 Å². The maximum atomic E-state index is 4.16. The molecule has 0 spiro atoms. The average Bonchev–Trinajstić information content (AvgIpc) is 2.82. The highest BCUT2D eigenvalue weighted by molar-refractivity contribution is 5.08. The Balaban J connectivity index is 1.85. The van der Waals surface area contributed by atoms with Crippen molar-refractivity contribution >= 4 is 0 Å². The molecule has 16 heavy (non-hydrogen) atoms. The number of nitrogens with one attached hydrogen (secondary N) is 1. The summed E-state index contributed by atoms with van der Waals surface area (Å²) in [6.07, 6.45) is 6.45. The first kappa shape index (κ1) is 11.6. The van der Waals surface area contributed by atoms with Crippen LogP contribution in [0.4, 0.5) is 0 Å². The minimum Gasteiger partial charge on any atom is -0.313 e. The minimum absolute atomic E-state index is 0.691. The molecule has 88 valence electrons.